The van der Waals surface area contributed by atoms with Crippen LogP contribution in [0.25, 0.3) is 0 Å². The Hall–Kier alpha value is -2.16. The molecule has 3 nitrogen and oxygen atoms in total. The van der Waals surface area contributed by atoms with Crippen molar-refractivity contribution in [2.75, 3.05) is 19.1 Å². The maximum Gasteiger partial charge on any atom is 0.119 e. The Morgan fingerprint density at radius 2 is 1.64 bits per heavy atom. The van der Waals surface area contributed by atoms with Gasteiger partial charge in [0.15, 0.2) is 0 Å². The third kappa shape index (κ3) is 3.94. The van der Waals surface area contributed by atoms with Gasteiger partial charge in [0.1, 0.15) is 11.5 Å². The number of nitrogens with zero attached hydrogens (tertiary/aromatic N) is 1. The van der Waals surface area contributed by atoms with E-state index in [9.17, 15) is 0 Å². The summed E-state index contributed by atoms with van der Waals surface area (Å²) < 4.78 is 10.6. The highest BCUT2D eigenvalue weighted by atomic mass is 16.5. The third-order valence-corrected chi connectivity index (χ3v) is 4.01. The minimum absolute atomic E-state index is 0.458. The summed E-state index contributed by atoms with van der Waals surface area (Å²) in [4.78, 5) is 2.41. The summed E-state index contributed by atoms with van der Waals surface area (Å²) in [5, 5.41) is 0. The molecule has 0 saturated carbocycles. The fourth-order valence-corrected chi connectivity index (χ4v) is 2.46. The van der Waals surface area contributed by atoms with E-state index in [-0.39, 0.29) is 0 Å². The maximum absolute atomic E-state index is 5.32. The molecule has 2 aromatic carbocycles. The summed E-state index contributed by atoms with van der Waals surface area (Å²) in [5.41, 5.74) is 2.45. The first kappa shape index (κ1) is 16.2. The van der Waals surface area contributed by atoms with Crippen molar-refractivity contribution in [1.82, 2.24) is 0 Å². The van der Waals surface area contributed by atoms with Crippen molar-refractivity contribution in [1.29, 1.82) is 0 Å². The van der Waals surface area contributed by atoms with Gasteiger partial charge in [0.2, 0.25) is 0 Å². The lowest BCUT2D eigenvalue weighted by atomic mass is 10.1. The molecule has 0 aliphatic rings. The second kappa shape index (κ2) is 7.74. The first-order valence-corrected chi connectivity index (χ1v) is 7.71. The summed E-state index contributed by atoms with van der Waals surface area (Å²) >= 11 is 0. The third-order valence-electron chi connectivity index (χ3n) is 4.01. The van der Waals surface area contributed by atoms with Crippen LogP contribution in [0, 0.1) is 0 Å². The quantitative estimate of drug-likeness (QED) is 0.751. The maximum atomic E-state index is 5.32. The standard InChI is InChI=1S/C19H25NO2/c1-5-15(2)20(17-9-11-18(21-3)12-10-17)14-16-7-6-8-19(13-16)22-4/h6-13,15H,5,14H2,1-4H3. The Labute approximate surface area is 133 Å². The minimum Gasteiger partial charge on any atom is -0.497 e. The SMILES string of the molecule is CCC(C)N(Cc1cccc(OC)c1)c1ccc(OC)cc1. The molecule has 0 spiro atoms. The van der Waals surface area contributed by atoms with E-state index >= 15 is 0 Å². The number of hydrogen-bond acceptors (Lipinski definition) is 3. The van der Waals surface area contributed by atoms with E-state index in [1.807, 2.05) is 24.3 Å². The second-order valence-corrected chi connectivity index (χ2v) is 5.43. The molecule has 0 aliphatic heterocycles. The van der Waals surface area contributed by atoms with Crippen molar-refractivity contribution >= 4 is 5.69 Å². The van der Waals surface area contributed by atoms with Gasteiger partial charge in [-0.2, -0.15) is 0 Å². The van der Waals surface area contributed by atoms with Gasteiger partial charge in [0.05, 0.1) is 14.2 Å². The molecule has 3 heteroatoms. The Morgan fingerprint density at radius 1 is 0.955 bits per heavy atom. The molecule has 0 radical (unpaired) electrons. The van der Waals surface area contributed by atoms with Crippen LogP contribution >= 0.6 is 0 Å². The van der Waals surface area contributed by atoms with E-state index in [0.717, 1.165) is 24.5 Å². The summed E-state index contributed by atoms with van der Waals surface area (Å²) in [7, 11) is 3.40. The van der Waals surface area contributed by atoms with E-state index < -0.39 is 0 Å². The topological polar surface area (TPSA) is 21.7 Å². The average molecular weight is 299 g/mol. The summed E-state index contributed by atoms with van der Waals surface area (Å²) in [6.45, 7) is 5.33. The van der Waals surface area contributed by atoms with Gasteiger partial charge in [-0.25, -0.2) is 0 Å². The second-order valence-electron chi connectivity index (χ2n) is 5.43. The van der Waals surface area contributed by atoms with E-state index in [1.54, 1.807) is 14.2 Å². The van der Waals surface area contributed by atoms with Crippen molar-refractivity contribution in [2.24, 2.45) is 0 Å². The van der Waals surface area contributed by atoms with E-state index in [4.69, 9.17) is 9.47 Å². The van der Waals surface area contributed by atoms with Crippen LogP contribution in [0.1, 0.15) is 25.8 Å². The molecular formula is C19H25NO2. The predicted molar refractivity (Wildman–Crippen MR) is 91.9 cm³/mol. The Bertz CT molecular complexity index is 580. The Kier molecular flexibility index (Phi) is 5.70. The summed E-state index contributed by atoms with van der Waals surface area (Å²) in [6.07, 6.45) is 1.09. The van der Waals surface area contributed by atoms with Crippen LogP contribution in [0.3, 0.4) is 0 Å². The smallest absolute Gasteiger partial charge is 0.119 e. The van der Waals surface area contributed by atoms with Gasteiger partial charge in [-0.15, -0.1) is 0 Å². The number of anilines is 1. The van der Waals surface area contributed by atoms with Crippen LogP contribution in [0.5, 0.6) is 11.5 Å². The zero-order chi connectivity index (χ0) is 15.9. The largest absolute Gasteiger partial charge is 0.497 e. The lowest BCUT2D eigenvalue weighted by molar-refractivity contribution is 0.414. The predicted octanol–water partition coefficient (Wildman–Crippen LogP) is 4.51. The van der Waals surface area contributed by atoms with Gasteiger partial charge in [0, 0.05) is 18.3 Å². The van der Waals surface area contributed by atoms with Crippen LogP contribution in [0.15, 0.2) is 48.5 Å². The van der Waals surface area contributed by atoms with Gasteiger partial charge in [-0.1, -0.05) is 19.1 Å². The molecular weight excluding hydrogens is 274 g/mol. The molecule has 2 aromatic rings. The summed E-state index contributed by atoms with van der Waals surface area (Å²) in [6, 6.07) is 17.0. The first-order valence-electron chi connectivity index (χ1n) is 7.71. The number of methoxy groups -OCH3 is 2. The lowest BCUT2D eigenvalue weighted by Gasteiger charge is -2.31. The van der Waals surface area contributed by atoms with E-state index in [1.165, 1.54) is 11.3 Å². The van der Waals surface area contributed by atoms with Crippen molar-refractivity contribution in [3.05, 3.63) is 54.1 Å². The van der Waals surface area contributed by atoms with Crippen LogP contribution < -0.4 is 14.4 Å². The molecule has 0 heterocycles. The van der Waals surface area contributed by atoms with Gasteiger partial charge in [0.25, 0.3) is 0 Å². The highest BCUT2D eigenvalue weighted by Crippen LogP contribution is 2.25. The van der Waals surface area contributed by atoms with Crippen LogP contribution in [0.4, 0.5) is 5.69 Å². The average Bonchev–Trinajstić information content (AvgIpc) is 2.59. The Balaban J connectivity index is 2.25. The Morgan fingerprint density at radius 3 is 2.23 bits per heavy atom. The first-order chi connectivity index (χ1) is 10.7. The zero-order valence-electron chi connectivity index (χ0n) is 13.9. The van der Waals surface area contributed by atoms with Crippen molar-refractivity contribution in [3.63, 3.8) is 0 Å². The van der Waals surface area contributed by atoms with Gasteiger partial charge < -0.3 is 14.4 Å². The molecule has 22 heavy (non-hydrogen) atoms. The fourth-order valence-electron chi connectivity index (χ4n) is 2.46. The van der Waals surface area contributed by atoms with Gasteiger partial charge >= 0.3 is 0 Å². The molecule has 0 saturated heterocycles. The molecule has 1 atom stereocenters. The number of rotatable bonds is 7. The molecule has 0 aliphatic carbocycles. The highest BCUT2D eigenvalue weighted by Gasteiger charge is 2.14. The lowest BCUT2D eigenvalue weighted by Crippen LogP contribution is -2.31. The summed E-state index contributed by atoms with van der Waals surface area (Å²) in [5.74, 6) is 1.78. The van der Waals surface area contributed by atoms with E-state index in [0.29, 0.717) is 6.04 Å². The molecule has 1 unspecified atom stereocenters. The molecule has 0 aromatic heterocycles. The number of ether oxygens (including phenoxy) is 2. The fraction of sp³-hybridized carbons (Fsp3) is 0.368. The van der Waals surface area contributed by atoms with Crippen LogP contribution in [0.2, 0.25) is 0 Å². The monoisotopic (exact) mass is 299 g/mol. The van der Waals surface area contributed by atoms with Crippen LogP contribution in [-0.4, -0.2) is 20.3 Å². The molecule has 0 amide bonds. The molecule has 2 rings (SSSR count). The molecule has 118 valence electrons. The van der Waals surface area contributed by atoms with Gasteiger partial charge in [-0.3, -0.25) is 0 Å². The molecule has 0 N–H and O–H groups in total. The van der Waals surface area contributed by atoms with Crippen molar-refractivity contribution in [2.45, 2.75) is 32.9 Å². The minimum atomic E-state index is 0.458. The van der Waals surface area contributed by atoms with Gasteiger partial charge in [-0.05, 0) is 55.3 Å². The number of hydrogen-bond donors (Lipinski definition) is 0. The molecule has 0 bridgehead atoms. The van der Waals surface area contributed by atoms with Crippen LogP contribution in [-0.2, 0) is 6.54 Å². The molecule has 0 fully saturated rings. The van der Waals surface area contributed by atoms with E-state index in [2.05, 4.69) is 43.0 Å². The van der Waals surface area contributed by atoms with Crippen molar-refractivity contribution < 1.29 is 9.47 Å². The zero-order valence-corrected chi connectivity index (χ0v) is 13.9. The number of benzene rings is 2. The van der Waals surface area contributed by atoms with Crippen molar-refractivity contribution in [3.8, 4) is 11.5 Å². The highest BCUT2D eigenvalue weighted by molar-refractivity contribution is 5.50. The normalized spacial score (nSPS) is 11.8.